The normalized spacial score (nSPS) is 12.1. The summed E-state index contributed by atoms with van der Waals surface area (Å²) in [6, 6.07) is 10.8. The molecule has 0 fully saturated rings. The maximum Gasteiger partial charge on any atom is 0.265 e. The third-order valence-electron chi connectivity index (χ3n) is 4.43. The van der Waals surface area contributed by atoms with Crippen molar-refractivity contribution in [1.82, 2.24) is 0 Å². The summed E-state index contributed by atoms with van der Waals surface area (Å²) in [6.07, 6.45) is 1.06. The Balaban J connectivity index is 2.07. The van der Waals surface area contributed by atoms with E-state index in [0.717, 1.165) is 21.9 Å². The number of ether oxygens (including phenoxy) is 1. The van der Waals surface area contributed by atoms with Crippen LogP contribution in [0.3, 0.4) is 0 Å². The molecule has 0 radical (unpaired) electrons. The molecule has 0 spiro atoms. The number of sulfonamides is 1. The second kappa shape index (κ2) is 8.09. The van der Waals surface area contributed by atoms with E-state index in [0.29, 0.717) is 15.6 Å². The summed E-state index contributed by atoms with van der Waals surface area (Å²) in [5.74, 6) is -0.0946. The van der Waals surface area contributed by atoms with E-state index in [9.17, 15) is 13.2 Å². The molecule has 2 aromatic carbocycles. The smallest absolute Gasteiger partial charge is 0.265 e. The SMILES string of the molecule is COc1c(NC(=O)c2cc3c(Cl)cccc3s2)cc(C(C)(C)C)cc1NS(C)(=O)=O. The summed E-state index contributed by atoms with van der Waals surface area (Å²) in [7, 11) is -2.12. The minimum atomic E-state index is -3.55. The molecule has 0 saturated carbocycles. The number of halogens is 1. The fourth-order valence-electron chi connectivity index (χ4n) is 2.97. The molecular weight excluding hydrogens is 444 g/mol. The van der Waals surface area contributed by atoms with Crippen LogP contribution < -0.4 is 14.8 Å². The van der Waals surface area contributed by atoms with Crippen LogP contribution in [0.2, 0.25) is 5.02 Å². The van der Waals surface area contributed by atoms with Crippen LogP contribution in [0.1, 0.15) is 36.0 Å². The lowest BCUT2D eigenvalue weighted by molar-refractivity contribution is 0.103. The number of fused-ring (bicyclic) bond motifs is 1. The highest BCUT2D eigenvalue weighted by Gasteiger charge is 2.23. The predicted molar refractivity (Wildman–Crippen MR) is 125 cm³/mol. The lowest BCUT2D eigenvalue weighted by Crippen LogP contribution is -2.18. The third-order valence-corrected chi connectivity index (χ3v) is 6.45. The van der Waals surface area contributed by atoms with Crippen LogP contribution in [0.5, 0.6) is 5.75 Å². The van der Waals surface area contributed by atoms with Gasteiger partial charge in [-0.15, -0.1) is 11.3 Å². The quantitative estimate of drug-likeness (QED) is 0.521. The lowest BCUT2D eigenvalue weighted by atomic mass is 9.86. The van der Waals surface area contributed by atoms with Crippen molar-refractivity contribution in [2.24, 2.45) is 0 Å². The molecule has 0 bridgehead atoms. The van der Waals surface area contributed by atoms with E-state index in [-0.39, 0.29) is 22.8 Å². The molecule has 2 N–H and O–H groups in total. The Morgan fingerprint density at radius 1 is 1.13 bits per heavy atom. The van der Waals surface area contributed by atoms with Gasteiger partial charge in [0, 0.05) is 15.1 Å². The molecule has 6 nitrogen and oxygen atoms in total. The van der Waals surface area contributed by atoms with E-state index < -0.39 is 10.0 Å². The van der Waals surface area contributed by atoms with E-state index in [4.69, 9.17) is 16.3 Å². The first kappa shape index (κ1) is 22.4. The van der Waals surface area contributed by atoms with E-state index in [1.165, 1.54) is 18.4 Å². The van der Waals surface area contributed by atoms with Crippen LogP contribution in [0.4, 0.5) is 11.4 Å². The number of thiophene rings is 1. The summed E-state index contributed by atoms with van der Waals surface area (Å²) in [5.41, 5.74) is 1.20. The predicted octanol–water partition coefficient (Wildman–Crippen LogP) is 5.48. The Kier molecular flexibility index (Phi) is 6.04. The molecule has 0 unspecified atom stereocenters. The number of amides is 1. The monoisotopic (exact) mass is 466 g/mol. The molecular formula is C21H23ClN2O4S2. The minimum absolute atomic E-state index is 0.237. The van der Waals surface area contributed by atoms with E-state index in [1.807, 2.05) is 32.9 Å². The number of hydrogen-bond donors (Lipinski definition) is 2. The Labute approximate surface area is 185 Å². The Morgan fingerprint density at radius 2 is 1.80 bits per heavy atom. The van der Waals surface area contributed by atoms with E-state index >= 15 is 0 Å². The summed E-state index contributed by atoms with van der Waals surface area (Å²) >= 11 is 7.55. The van der Waals surface area contributed by atoms with Gasteiger partial charge in [0.2, 0.25) is 10.0 Å². The zero-order chi connectivity index (χ0) is 22.3. The van der Waals surface area contributed by atoms with Crippen LogP contribution in [0.15, 0.2) is 36.4 Å². The largest absolute Gasteiger partial charge is 0.492 e. The molecule has 1 amide bonds. The highest BCUT2D eigenvalue weighted by Crippen LogP contribution is 2.40. The van der Waals surface area contributed by atoms with Crippen LogP contribution in [0.25, 0.3) is 10.1 Å². The van der Waals surface area contributed by atoms with Gasteiger partial charge >= 0.3 is 0 Å². The van der Waals surface area contributed by atoms with Crippen molar-refractivity contribution in [2.75, 3.05) is 23.4 Å². The van der Waals surface area contributed by atoms with E-state index in [1.54, 1.807) is 24.3 Å². The zero-order valence-electron chi connectivity index (χ0n) is 17.3. The molecule has 30 heavy (non-hydrogen) atoms. The summed E-state index contributed by atoms with van der Waals surface area (Å²) in [6.45, 7) is 6.00. The Hall–Kier alpha value is -2.29. The van der Waals surface area contributed by atoms with Gasteiger partial charge in [0.25, 0.3) is 5.91 Å². The number of benzene rings is 2. The summed E-state index contributed by atoms with van der Waals surface area (Å²) in [5, 5.41) is 4.25. The maximum absolute atomic E-state index is 13.0. The summed E-state index contributed by atoms with van der Waals surface area (Å²) in [4.78, 5) is 13.5. The number of nitrogens with one attached hydrogen (secondary N) is 2. The highest BCUT2D eigenvalue weighted by molar-refractivity contribution is 7.92. The number of methoxy groups -OCH3 is 1. The molecule has 3 aromatic rings. The lowest BCUT2D eigenvalue weighted by Gasteiger charge is -2.23. The maximum atomic E-state index is 13.0. The van der Waals surface area contributed by atoms with Crippen molar-refractivity contribution in [3.05, 3.63) is 51.9 Å². The van der Waals surface area contributed by atoms with Crippen molar-refractivity contribution >= 4 is 60.3 Å². The van der Waals surface area contributed by atoms with Crippen molar-refractivity contribution in [3.63, 3.8) is 0 Å². The van der Waals surface area contributed by atoms with Gasteiger partial charge in [-0.25, -0.2) is 8.42 Å². The molecule has 0 atom stereocenters. The highest BCUT2D eigenvalue weighted by atomic mass is 35.5. The first-order valence-electron chi connectivity index (χ1n) is 9.09. The molecule has 9 heteroatoms. The van der Waals surface area contributed by atoms with Gasteiger partial charge < -0.3 is 10.1 Å². The number of carbonyl (C=O) groups is 1. The van der Waals surface area contributed by atoms with Crippen LogP contribution in [-0.2, 0) is 15.4 Å². The van der Waals surface area contributed by atoms with Gasteiger partial charge in [0.05, 0.1) is 29.6 Å². The molecule has 0 aliphatic rings. The van der Waals surface area contributed by atoms with Crippen molar-refractivity contribution in [1.29, 1.82) is 0 Å². The first-order valence-corrected chi connectivity index (χ1v) is 12.2. The summed E-state index contributed by atoms with van der Waals surface area (Å²) < 4.78 is 32.5. The van der Waals surface area contributed by atoms with Gasteiger partial charge in [-0.05, 0) is 41.3 Å². The number of carbonyl (C=O) groups excluding carboxylic acids is 1. The van der Waals surface area contributed by atoms with Crippen LogP contribution >= 0.6 is 22.9 Å². The van der Waals surface area contributed by atoms with Gasteiger partial charge in [0.15, 0.2) is 5.75 Å². The topological polar surface area (TPSA) is 84.5 Å². The second-order valence-electron chi connectivity index (χ2n) is 7.95. The molecule has 3 rings (SSSR count). The average Bonchev–Trinajstić information content (AvgIpc) is 3.05. The van der Waals surface area contributed by atoms with Crippen molar-refractivity contribution in [3.8, 4) is 5.75 Å². The van der Waals surface area contributed by atoms with Gasteiger partial charge in [-0.3, -0.25) is 9.52 Å². The fraction of sp³-hybridized carbons (Fsp3) is 0.286. The average molecular weight is 467 g/mol. The first-order chi connectivity index (χ1) is 13.9. The molecule has 1 heterocycles. The Morgan fingerprint density at radius 3 is 2.37 bits per heavy atom. The number of hydrogen-bond acceptors (Lipinski definition) is 5. The van der Waals surface area contributed by atoms with Gasteiger partial charge in [0.1, 0.15) is 0 Å². The standard InChI is InChI=1S/C21H23ClN2O4S2/c1-21(2,3)12-9-15(19(28-4)16(10-12)24-30(5,26)27)23-20(25)18-11-13-14(22)7-6-8-17(13)29-18/h6-11,24H,1-5H3,(H,23,25). The third kappa shape index (κ3) is 4.88. The van der Waals surface area contributed by atoms with Crippen molar-refractivity contribution < 1.29 is 17.9 Å². The minimum Gasteiger partial charge on any atom is -0.492 e. The Bertz CT molecular complexity index is 1230. The van der Waals surface area contributed by atoms with Gasteiger partial charge in [-0.1, -0.05) is 38.4 Å². The molecule has 0 saturated heterocycles. The van der Waals surface area contributed by atoms with E-state index in [2.05, 4.69) is 10.0 Å². The van der Waals surface area contributed by atoms with Crippen LogP contribution in [0, 0.1) is 0 Å². The van der Waals surface area contributed by atoms with Gasteiger partial charge in [-0.2, -0.15) is 0 Å². The van der Waals surface area contributed by atoms with Crippen LogP contribution in [-0.4, -0.2) is 27.7 Å². The molecule has 0 aliphatic carbocycles. The molecule has 0 aliphatic heterocycles. The van der Waals surface area contributed by atoms with Crippen molar-refractivity contribution in [2.45, 2.75) is 26.2 Å². The zero-order valence-corrected chi connectivity index (χ0v) is 19.7. The fourth-order valence-corrected chi connectivity index (χ4v) is 4.79. The number of rotatable bonds is 5. The molecule has 1 aromatic heterocycles. The number of anilines is 2. The second-order valence-corrected chi connectivity index (χ2v) is 11.2. The molecule has 160 valence electrons.